The van der Waals surface area contributed by atoms with Gasteiger partial charge in [-0.15, -0.1) is 0 Å². The molecule has 3 aromatic rings. The zero-order chi connectivity index (χ0) is 21.8. The van der Waals surface area contributed by atoms with Crippen molar-refractivity contribution < 1.29 is 19.1 Å². The van der Waals surface area contributed by atoms with Crippen LogP contribution in [0.5, 0.6) is 11.5 Å². The molecule has 2 amide bonds. The summed E-state index contributed by atoms with van der Waals surface area (Å²) in [4.78, 5) is 25.3. The highest BCUT2D eigenvalue weighted by atomic mass is 16.5. The summed E-state index contributed by atoms with van der Waals surface area (Å²) >= 11 is 0. The van der Waals surface area contributed by atoms with Crippen molar-refractivity contribution in [1.82, 2.24) is 15.4 Å². The van der Waals surface area contributed by atoms with E-state index in [2.05, 4.69) is 10.9 Å². The first kappa shape index (κ1) is 21.0. The Morgan fingerprint density at radius 1 is 0.833 bits per heavy atom. The number of amides is 2. The second kappa shape index (κ2) is 8.73. The lowest BCUT2D eigenvalue weighted by atomic mass is 10.1. The first-order valence-corrected chi connectivity index (χ1v) is 9.45. The van der Waals surface area contributed by atoms with Crippen LogP contribution in [0.4, 0.5) is 0 Å². The van der Waals surface area contributed by atoms with Gasteiger partial charge in [-0.25, -0.2) is 0 Å². The Labute approximate surface area is 175 Å². The number of carbonyl (C=O) groups is 2. The number of carbonyl (C=O) groups excluding carboxylic acids is 2. The van der Waals surface area contributed by atoms with E-state index in [9.17, 15) is 9.59 Å². The fraction of sp³-hybridized carbons (Fsp3) is 0.217. The van der Waals surface area contributed by atoms with Crippen molar-refractivity contribution in [3.63, 3.8) is 0 Å². The first-order chi connectivity index (χ1) is 14.4. The van der Waals surface area contributed by atoms with Crippen LogP contribution < -0.4 is 20.3 Å². The zero-order valence-electron chi connectivity index (χ0n) is 17.7. The summed E-state index contributed by atoms with van der Waals surface area (Å²) < 4.78 is 12.6. The predicted octanol–water partition coefficient (Wildman–Crippen LogP) is 3.49. The van der Waals surface area contributed by atoms with Crippen LogP contribution in [-0.4, -0.2) is 30.6 Å². The number of benzene rings is 2. The maximum Gasteiger partial charge on any atom is 0.271 e. The van der Waals surface area contributed by atoms with Crippen molar-refractivity contribution in [2.75, 3.05) is 14.2 Å². The molecular formula is C23H25N3O4. The van der Waals surface area contributed by atoms with E-state index in [1.54, 1.807) is 18.2 Å². The zero-order valence-corrected chi connectivity index (χ0v) is 17.7. The molecule has 0 saturated carbocycles. The molecule has 3 rings (SSSR count). The first-order valence-electron chi connectivity index (χ1n) is 9.45. The number of aromatic nitrogens is 1. The van der Waals surface area contributed by atoms with Crippen molar-refractivity contribution in [1.29, 1.82) is 0 Å². The normalized spacial score (nSPS) is 10.4. The van der Waals surface area contributed by atoms with Gasteiger partial charge < -0.3 is 14.0 Å². The molecule has 2 aromatic carbocycles. The molecule has 0 radical (unpaired) electrons. The molecule has 0 fully saturated rings. The van der Waals surface area contributed by atoms with Crippen LogP contribution in [0, 0.1) is 20.8 Å². The van der Waals surface area contributed by atoms with Gasteiger partial charge in [0.15, 0.2) is 0 Å². The number of aryl methyl sites for hydroxylation is 1. The molecule has 30 heavy (non-hydrogen) atoms. The van der Waals surface area contributed by atoms with Crippen molar-refractivity contribution in [2.45, 2.75) is 20.8 Å². The lowest BCUT2D eigenvalue weighted by Gasteiger charge is -2.13. The van der Waals surface area contributed by atoms with E-state index in [-0.39, 0.29) is 0 Å². The van der Waals surface area contributed by atoms with Gasteiger partial charge in [0.25, 0.3) is 11.8 Å². The van der Waals surface area contributed by atoms with Crippen molar-refractivity contribution >= 4 is 11.8 Å². The molecule has 1 aromatic heterocycles. The summed E-state index contributed by atoms with van der Waals surface area (Å²) in [5.41, 5.74) is 9.19. The fourth-order valence-electron chi connectivity index (χ4n) is 3.44. The van der Waals surface area contributed by atoms with Crippen LogP contribution in [-0.2, 0) is 0 Å². The van der Waals surface area contributed by atoms with Crippen molar-refractivity contribution in [2.24, 2.45) is 0 Å². The number of nitrogens with zero attached hydrogens (tertiary/aromatic N) is 1. The van der Waals surface area contributed by atoms with Crippen LogP contribution in [0.2, 0.25) is 0 Å². The van der Waals surface area contributed by atoms with Crippen molar-refractivity contribution in [3.8, 4) is 17.2 Å². The van der Waals surface area contributed by atoms with E-state index in [0.29, 0.717) is 22.6 Å². The van der Waals surface area contributed by atoms with Crippen LogP contribution in [0.25, 0.3) is 5.69 Å². The maximum absolute atomic E-state index is 12.7. The van der Waals surface area contributed by atoms with E-state index in [4.69, 9.17) is 9.47 Å². The Morgan fingerprint density at radius 2 is 1.40 bits per heavy atom. The van der Waals surface area contributed by atoms with Crippen LogP contribution in [0.15, 0.2) is 48.5 Å². The number of hydrazine groups is 1. The minimum atomic E-state index is -0.475. The lowest BCUT2D eigenvalue weighted by Crippen LogP contribution is -2.41. The minimum absolute atomic E-state index is 0.310. The summed E-state index contributed by atoms with van der Waals surface area (Å²) in [5, 5.41) is 0. The second-order valence-electron chi connectivity index (χ2n) is 6.87. The van der Waals surface area contributed by atoms with Gasteiger partial charge in [-0.1, -0.05) is 18.2 Å². The van der Waals surface area contributed by atoms with Gasteiger partial charge in [-0.3, -0.25) is 20.4 Å². The molecule has 156 valence electrons. The van der Waals surface area contributed by atoms with Crippen LogP contribution >= 0.6 is 0 Å². The van der Waals surface area contributed by atoms with Gasteiger partial charge in [0, 0.05) is 28.2 Å². The Hall–Kier alpha value is -3.74. The Morgan fingerprint density at radius 3 is 1.97 bits per heavy atom. The van der Waals surface area contributed by atoms with E-state index < -0.39 is 11.8 Å². The predicted molar refractivity (Wildman–Crippen MR) is 114 cm³/mol. The third-order valence-corrected chi connectivity index (χ3v) is 4.99. The number of para-hydroxylation sites is 1. The van der Waals surface area contributed by atoms with Gasteiger partial charge in [0.2, 0.25) is 0 Å². The van der Waals surface area contributed by atoms with Gasteiger partial charge in [0.05, 0.1) is 19.8 Å². The van der Waals surface area contributed by atoms with E-state index in [1.807, 2.05) is 55.7 Å². The molecule has 0 aliphatic rings. The van der Waals surface area contributed by atoms with Gasteiger partial charge in [-0.2, -0.15) is 0 Å². The highest BCUT2D eigenvalue weighted by Gasteiger charge is 2.18. The quantitative estimate of drug-likeness (QED) is 0.635. The smallest absolute Gasteiger partial charge is 0.271 e. The number of ether oxygens (including phenoxy) is 2. The summed E-state index contributed by atoms with van der Waals surface area (Å²) in [6.45, 7) is 5.64. The molecule has 0 aliphatic carbocycles. The molecule has 0 atom stereocenters. The monoisotopic (exact) mass is 407 g/mol. The SMILES string of the molecule is COc1cc(C(=O)NNC(=O)c2cc(C)n(-c3ccccc3)c2C)cc(OC)c1C. The largest absolute Gasteiger partial charge is 0.496 e. The fourth-order valence-corrected chi connectivity index (χ4v) is 3.44. The van der Waals surface area contributed by atoms with Gasteiger partial charge >= 0.3 is 0 Å². The highest BCUT2D eigenvalue weighted by molar-refractivity contribution is 6.00. The molecule has 7 heteroatoms. The Bertz CT molecular complexity index is 1060. The molecule has 7 nitrogen and oxygen atoms in total. The van der Waals surface area contributed by atoms with Crippen LogP contribution in [0.3, 0.4) is 0 Å². The minimum Gasteiger partial charge on any atom is -0.496 e. The lowest BCUT2D eigenvalue weighted by molar-refractivity contribution is 0.0846. The summed E-state index contributed by atoms with van der Waals surface area (Å²) in [6, 6.07) is 14.8. The second-order valence-corrected chi connectivity index (χ2v) is 6.87. The number of hydrogen-bond acceptors (Lipinski definition) is 4. The molecule has 0 spiro atoms. The van der Waals surface area contributed by atoms with Gasteiger partial charge in [0.1, 0.15) is 11.5 Å². The number of methoxy groups -OCH3 is 2. The maximum atomic E-state index is 12.7. The summed E-state index contributed by atoms with van der Waals surface area (Å²) in [6.07, 6.45) is 0. The third kappa shape index (κ3) is 4.00. The summed E-state index contributed by atoms with van der Waals surface area (Å²) in [5.74, 6) is 0.177. The molecule has 0 bridgehead atoms. The Balaban J connectivity index is 1.78. The molecule has 0 aliphatic heterocycles. The Kier molecular flexibility index (Phi) is 6.11. The third-order valence-electron chi connectivity index (χ3n) is 4.99. The average Bonchev–Trinajstić information content (AvgIpc) is 3.06. The van der Waals surface area contributed by atoms with Crippen LogP contribution in [0.1, 0.15) is 37.7 Å². The number of rotatable bonds is 5. The molecule has 0 unspecified atom stereocenters. The topological polar surface area (TPSA) is 81.6 Å². The van der Waals surface area contributed by atoms with E-state index >= 15 is 0 Å². The molecule has 0 saturated heterocycles. The average molecular weight is 407 g/mol. The molecule has 2 N–H and O–H groups in total. The summed E-state index contributed by atoms with van der Waals surface area (Å²) in [7, 11) is 3.04. The van der Waals surface area contributed by atoms with Gasteiger partial charge in [-0.05, 0) is 51.1 Å². The van der Waals surface area contributed by atoms with E-state index in [1.165, 1.54) is 14.2 Å². The van der Waals surface area contributed by atoms with Crippen molar-refractivity contribution in [3.05, 3.63) is 76.6 Å². The molecular weight excluding hydrogens is 382 g/mol. The molecule has 1 heterocycles. The van der Waals surface area contributed by atoms with E-state index in [0.717, 1.165) is 22.6 Å². The number of nitrogens with one attached hydrogen (secondary N) is 2. The number of hydrogen-bond donors (Lipinski definition) is 2. The highest BCUT2D eigenvalue weighted by Crippen LogP contribution is 2.29. The standard InChI is InChI=1S/C23H25N3O4/c1-14-11-19(16(3)26(14)18-9-7-6-8-10-18)23(28)25-24-22(27)17-12-20(29-4)15(2)21(13-17)30-5/h6-13H,1-5H3,(H,24,27)(H,25,28).